The molecule has 3 heterocycles. The predicted molar refractivity (Wildman–Crippen MR) is 129 cm³/mol. The molecule has 0 amide bonds. The van der Waals surface area contributed by atoms with Gasteiger partial charge in [0.05, 0.1) is 24.1 Å². The van der Waals surface area contributed by atoms with E-state index in [4.69, 9.17) is 21.1 Å². The predicted octanol–water partition coefficient (Wildman–Crippen LogP) is 5.59. The Morgan fingerprint density at radius 3 is 2.83 bits per heavy atom. The molecule has 8 heteroatoms. The minimum Gasteiger partial charge on any atom is -0.488 e. The topological polar surface area (TPSA) is 79.8 Å². The average Bonchev–Trinajstić information content (AvgIpc) is 3.11. The second-order valence-corrected chi connectivity index (χ2v) is 8.75. The van der Waals surface area contributed by atoms with Gasteiger partial charge in [-0.05, 0) is 47.9 Å². The lowest BCUT2D eigenvalue weighted by molar-refractivity contribution is 0.172. The number of pyridine rings is 1. The molecule has 4 aromatic rings. The summed E-state index contributed by atoms with van der Waals surface area (Å²) in [6.07, 6.45) is 0.742. The van der Waals surface area contributed by atoms with Crippen molar-refractivity contribution in [1.82, 2.24) is 9.38 Å². The Balaban J connectivity index is 1.64. The molecule has 0 aliphatic carbocycles. The smallest absolute Gasteiger partial charge is 0.138 e. The molecule has 0 radical (unpaired) electrons. The lowest BCUT2D eigenvalue weighted by Crippen LogP contribution is -2.09. The fourth-order valence-electron chi connectivity index (χ4n) is 4.51. The van der Waals surface area contributed by atoms with E-state index in [2.05, 4.69) is 11.1 Å². The van der Waals surface area contributed by atoms with Gasteiger partial charge in [-0.1, -0.05) is 23.7 Å². The fraction of sp³-hybridized carbons (Fsp3) is 0.185. The zero-order valence-corrected chi connectivity index (χ0v) is 19.8. The Kier molecular flexibility index (Phi) is 6.03. The van der Waals surface area contributed by atoms with E-state index in [9.17, 15) is 14.8 Å². The monoisotopic (exact) mass is 489 g/mol. The number of halogens is 2. The molecule has 1 aliphatic heterocycles. The number of ether oxygens (including phenoxy) is 2. The van der Waals surface area contributed by atoms with Crippen LogP contribution in [0.5, 0.6) is 5.75 Å². The molecular weight excluding hydrogens is 469 g/mol. The second kappa shape index (κ2) is 9.16. The van der Waals surface area contributed by atoms with Crippen molar-refractivity contribution in [1.29, 1.82) is 5.26 Å². The third-order valence-corrected chi connectivity index (χ3v) is 6.33. The van der Waals surface area contributed by atoms with Gasteiger partial charge in [-0.25, -0.2) is 9.37 Å². The number of aliphatic hydroxyl groups excluding tert-OH is 1. The number of hydrogen-bond donors (Lipinski definition) is 1. The van der Waals surface area contributed by atoms with Gasteiger partial charge in [0.25, 0.3) is 0 Å². The van der Waals surface area contributed by atoms with Crippen LogP contribution in [0.3, 0.4) is 0 Å². The summed E-state index contributed by atoms with van der Waals surface area (Å²) < 4.78 is 27.0. The summed E-state index contributed by atoms with van der Waals surface area (Å²) in [5.74, 6) is -0.0490. The van der Waals surface area contributed by atoms with Crippen LogP contribution in [-0.4, -0.2) is 21.6 Å². The molecule has 6 nitrogen and oxygen atoms in total. The number of hydrogen-bond acceptors (Lipinski definition) is 5. The second-order valence-electron chi connectivity index (χ2n) is 8.31. The highest BCUT2D eigenvalue weighted by molar-refractivity contribution is 6.30. The molecule has 0 saturated carbocycles. The zero-order chi connectivity index (χ0) is 24.7. The first-order valence-electron chi connectivity index (χ1n) is 10.9. The lowest BCUT2D eigenvalue weighted by atomic mass is 9.89. The number of allylic oxidation sites excluding steroid dienone is 1. The van der Waals surface area contributed by atoms with Crippen molar-refractivity contribution < 1.29 is 19.0 Å². The molecule has 0 saturated heterocycles. The first kappa shape index (κ1) is 23.1. The van der Waals surface area contributed by atoms with Crippen molar-refractivity contribution in [2.24, 2.45) is 0 Å². The highest BCUT2D eigenvalue weighted by atomic mass is 35.5. The molecule has 2 aromatic carbocycles. The van der Waals surface area contributed by atoms with E-state index >= 15 is 0 Å². The number of rotatable bonds is 4. The largest absolute Gasteiger partial charge is 0.488 e. The number of benzene rings is 2. The zero-order valence-electron chi connectivity index (χ0n) is 19.0. The summed E-state index contributed by atoms with van der Waals surface area (Å²) in [6.45, 7) is 2.10. The summed E-state index contributed by atoms with van der Waals surface area (Å²) in [6, 6.07) is 15.5. The van der Waals surface area contributed by atoms with E-state index in [1.165, 1.54) is 12.1 Å². The van der Waals surface area contributed by atoms with Crippen LogP contribution in [0.15, 0.2) is 60.3 Å². The molecule has 1 aliphatic rings. The van der Waals surface area contributed by atoms with Gasteiger partial charge in [0, 0.05) is 47.2 Å². The van der Waals surface area contributed by atoms with Gasteiger partial charge < -0.3 is 19.0 Å². The summed E-state index contributed by atoms with van der Waals surface area (Å²) in [5, 5.41) is 21.7. The van der Waals surface area contributed by atoms with Crippen molar-refractivity contribution in [3.8, 4) is 11.8 Å². The quantitative estimate of drug-likeness (QED) is 0.378. The van der Waals surface area contributed by atoms with E-state index in [-0.39, 0.29) is 13.2 Å². The summed E-state index contributed by atoms with van der Waals surface area (Å²) >= 11 is 6.14. The lowest BCUT2D eigenvalue weighted by Gasteiger charge is -2.17. The summed E-state index contributed by atoms with van der Waals surface area (Å²) in [7, 11) is 1.57. The summed E-state index contributed by atoms with van der Waals surface area (Å²) in [4.78, 5) is 4.58. The van der Waals surface area contributed by atoms with Crippen molar-refractivity contribution in [2.75, 3.05) is 7.11 Å². The van der Waals surface area contributed by atoms with Crippen molar-refractivity contribution in [2.45, 2.75) is 26.2 Å². The number of methoxy groups -OCH3 is 1. The maximum Gasteiger partial charge on any atom is 0.138 e. The van der Waals surface area contributed by atoms with Crippen LogP contribution in [0, 0.1) is 17.1 Å². The van der Waals surface area contributed by atoms with Gasteiger partial charge >= 0.3 is 0 Å². The Morgan fingerprint density at radius 2 is 2.06 bits per heavy atom. The van der Waals surface area contributed by atoms with E-state index in [1.807, 2.05) is 18.2 Å². The van der Waals surface area contributed by atoms with Crippen LogP contribution in [-0.2, 0) is 18.0 Å². The van der Waals surface area contributed by atoms with Crippen LogP contribution >= 0.6 is 11.6 Å². The van der Waals surface area contributed by atoms with Crippen molar-refractivity contribution in [3.05, 3.63) is 105 Å². The molecule has 2 aromatic heterocycles. The van der Waals surface area contributed by atoms with Crippen LogP contribution in [0.25, 0.3) is 11.2 Å². The van der Waals surface area contributed by atoms with Crippen LogP contribution in [0.1, 0.15) is 46.7 Å². The molecule has 1 unspecified atom stereocenters. The molecular formula is C27H21ClFN3O3. The highest BCUT2D eigenvalue weighted by Crippen LogP contribution is 2.40. The number of imidazole rings is 1. The number of nitriles is 1. The Morgan fingerprint density at radius 1 is 1.26 bits per heavy atom. The van der Waals surface area contributed by atoms with Gasteiger partial charge in [0.15, 0.2) is 0 Å². The number of aliphatic hydroxyl groups is 1. The van der Waals surface area contributed by atoms with E-state index in [0.29, 0.717) is 50.1 Å². The normalized spacial score (nSPS) is 15.0. The van der Waals surface area contributed by atoms with E-state index in [0.717, 1.165) is 11.1 Å². The standard InChI is InChI=1S/C27H21ClFN3O3/c1-15(12-30)25-20-5-3-16(9-17(20)13-35-23-11-19(29)4-6-21(23)25)27(33)26-22(14-34-2)31-24-10-18(28)7-8-32(24)26/h3-11,27,33H,13-14H2,1-2H3/b25-15+. The fourth-order valence-corrected chi connectivity index (χ4v) is 4.66. The first-order valence-corrected chi connectivity index (χ1v) is 11.3. The van der Waals surface area contributed by atoms with Crippen LogP contribution in [0.2, 0.25) is 5.02 Å². The van der Waals surface area contributed by atoms with E-state index < -0.39 is 11.9 Å². The third kappa shape index (κ3) is 4.06. The van der Waals surface area contributed by atoms with Gasteiger partial charge in [-0.2, -0.15) is 5.26 Å². The molecule has 0 fully saturated rings. The van der Waals surface area contributed by atoms with Gasteiger partial charge in [0.2, 0.25) is 0 Å². The van der Waals surface area contributed by atoms with Crippen LogP contribution in [0.4, 0.5) is 4.39 Å². The van der Waals surface area contributed by atoms with Crippen molar-refractivity contribution >= 4 is 22.8 Å². The third-order valence-electron chi connectivity index (χ3n) is 6.09. The van der Waals surface area contributed by atoms with Crippen LogP contribution < -0.4 is 4.74 Å². The SMILES string of the molecule is COCc1nc2cc(Cl)ccn2c1C(O)c1ccc2c(c1)COc1cc(F)ccc1/C2=C(\C)C#N. The molecule has 176 valence electrons. The average molecular weight is 490 g/mol. The number of aromatic nitrogens is 2. The minimum atomic E-state index is -1.02. The highest BCUT2D eigenvalue weighted by Gasteiger charge is 2.26. The molecule has 5 rings (SSSR count). The molecule has 1 atom stereocenters. The van der Waals surface area contributed by atoms with Crippen molar-refractivity contribution in [3.63, 3.8) is 0 Å². The van der Waals surface area contributed by atoms with Gasteiger partial charge in [-0.3, -0.25) is 0 Å². The maximum absolute atomic E-state index is 13.9. The van der Waals surface area contributed by atoms with E-state index in [1.54, 1.807) is 42.8 Å². The Hall–Kier alpha value is -3.70. The molecule has 0 bridgehead atoms. The molecule has 1 N–H and O–H groups in total. The minimum absolute atomic E-state index is 0.155. The van der Waals surface area contributed by atoms with Gasteiger partial charge in [-0.15, -0.1) is 0 Å². The Bertz CT molecular complexity index is 1540. The molecule has 35 heavy (non-hydrogen) atoms. The maximum atomic E-state index is 13.9. The van der Waals surface area contributed by atoms with Gasteiger partial charge in [0.1, 0.15) is 29.9 Å². The molecule has 0 spiro atoms. The Labute approximate surface area is 206 Å². The number of fused-ring (bicyclic) bond motifs is 3. The first-order chi connectivity index (χ1) is 16.9. The number of nitrogens with zero attached hydrogens (tertiary/aromatic N) is 3. The summed E-state index contributed by atoms with van der Waals surface area (Å²) in [5.41, 5.74) is 5.77.